The molecule has 4 heteroatoms. The van der Waals surface area contributed by atoms with E-state index >= 15 is 0 Å². The van der Waals surface area contributed by atoms with Gasteiger partial charge < -0.3 is 16.2 Å². The van der Waals surface area contributed by atoms with Crippen LogP contribution >= 0.6 is 0 Å². The van der Waals surface area contributed by atoms with E-state index in [1.807, 2.05) is 13.0 Å². The molecule has 0 amide bonds. The summed E-state index contributed by atoms with van der Waals surface area (Å²) < 4.78 is 0. The van der Waals surface area contributed by atoms with Gasteiger partial charge in [-0.25, -0.2) is 4.98 Å². The summed E-state index contributed by atoms with van der Waals surface area (Å²) in [5, 5.41) is 13.2. The summed E-state index contributed by atoms with van der Waals surface area (Å²) in [6.07, 6.45) is 2.43. The standard InChI is InChI=1S/C12H21N3O/c1-9(2)6-12(3,16)8-15-10-4-5-11(13)14-7-10/h4-5,7,9,15-16H,6,8H2,1-3H3,(H2,13,14). The smallest absolute Gasteiger partial charge is 0.123 e. The minimum atomic E-state index is -0.699. The van der Waals surface area contributed by atoms with Crippen molar-refractivity contribution in [2.45, 2.75) is 32.8 Å². The van der Waals surface area contributed by atoms with Crippen LogP contribution in [0.2, 0.25) is 0 Å². The molecule has 0 aromatic carbocycles. The Morgan fingerprint density at radius 1 is 1.50 bits per heavy atom. The van der Waals surface area contributed by atoms with Gasteiger partial charge in [0.05, 0.1) is 17.5 Å². The van der Waals surface area contributed by atoms with Crippen LogP contribution in [-0.2, 0) is 0 Å². The molecule has 1 aromatic rings. The third kappa shape index (κ3) is 4.49. The van der Waals surface area contributed by atoms with Crippen molar-refractivity contribution in [3.05, 3.63) is 18.3 Å². The molecule has 0 aliphatic heterocycles. The van der Waals surface area contributed by atoms with Crippen LogP contribution in [0.3, 0.4) is 0 Å². The van der Waals surface area contributed by atoms with Gasteiger partial charge >= 0.3 is 0 Å². The number of aromatic nitrogens is 1. The van der Waals surface area contributed by atoms with Gasteiger partial charge in [0.15, 0.2) is 0 Å². The predicted molar refractivity (Wildman–Crippen MR) is 67.2 cm³/mol. The lowest BCUT2D eigenvalue weighted by molar-refractivity contribution is 0.0515. The van der Waals surface area contributed by atoms with Crippen molar-refractivity contribution in [3.63, 3.8) is 0 Å². The Balaban J connectivity index is 2.47. The van der Waals surface area contributed by atoms with Gasteiger partial charge in [-0.15, -0.1) is 0 Å². The first-order valence-corrected chi connectivity index (χ1v) is 5.57. The third-order valence-electron chi connectivity index (χ3n) is 2.31. The summed E-state index contributed by atoms with van der Waals surface area (Å²) in [5.41, 5.74) is 5.66. The highest BCUT2D eigenvalue weighted by molar-refractivity contribution is 5.45. The zero-order chi connectivity index (χ0) is 12.2. The van der Waals surface area contributed by atoms with Gasteiger partial charge in [-0.1, -0.05) is 13.8 Å². The van der Waals surface area contributed by atoms with Gasteiger partial charge in [-0.2, -0.15) is 0 Å². The highest BCUT2D eigenvalue weighted by Gasteiger charge is 2.21. The highest BCUT2D eigenvalue weighted by Crippen LogP contribution is 2.17. The quantitative estimate of drug-likeness (QED) is 0.712. The number of hydrogen-bond acceptors (Lipinski definition) is 4. The Hall–Kier alpha value is -1.29. The Kier molecular flexibility index (Phi) is 4.12. The Morgan fingerprint density at radius 3 is 2.69 bits per heavy atom. The van der Waals surface area contributed by atoms with Crippen molar-refractivity contribution in [3.8, 4) is 0 Å². The minimum absolute atomic E-state index is 0.473. The summed E-state index contributed by atoms with van der Waals surface area (Å²) in [6.45, 7) is 6.54. The van der Waals surface area contributed by atoms with E-state index in [1.54, 1.807) is 12.3 Å². The van der Waals surface area contributed by atoms with Crippen molar-refractivity contribution in [2.75, 3.05) is 17.6 Å². The van der Waals surface area contributed by atoms with Crippen molar-refractivity contribution in [1.29, 1.82) is 0 Å². The number of pyridine rings is 1. The zero-order valence-corrected chi connectivity index (χ0v) is 10.2. The predicted octanol–water partition coefficient (Wildman–Crippen LogP) is 1.87. The highest BCUT2D eigenvalue weighted by atomic mass is 16.3. The summed E-state index contributed by atoms with van der Waals surface area (Å²) in [7, 11) is 0. The average Bonchev–Trinajstić information content (AvgIpc) is 2.15. The summed E-state index contributed by atoms with van der Waals surface area (Å²) >= 11 is 0. The Morgan fingerprint density at radius 2 is 2.19 bits per heavy atom. The molecule has 1 unspecified atom stereocenters. The topological polar surface area (TPSA) is 71.2 Å². The van der Waals surface area contributed by atoms with Crippen LogP contribution < -0.4 is 11.1 Å². The first-order chi connectivity index (χ1) is 7.39. The second-order valence-corrected chi connectivity index (χ2v) is 4.92. The fourth-order valence-corrected chi connectivity index (χ4v) is 1.75. The maximum atomic E-state index is 10.1. The van der Waals surface area contributed by atoms with Crippen LogP contribution in [0, 0.1) is 5.92 Å². The minimum Gasteiger partial charge on any atom is -0.388 e. The van der Waals surface area contributed by atoms with E-state index in [0.717, 1.165) is 12.1 Å². The van der Waals surface area contributed by atoms with Crippen LogP contribution in [0.1, 0.15) is 27.2 Å². The van der Waals surface area contributed by atoms with E-state index in [4.69, 9.17) is 5.73 Å². The molecule has 0 aliphatic rings. The molecule has 1 heterocycles. The second-order valence-electron chi connectivity index (χ2n) is 4.92. The monoisotopic (exact) mass is 223 g/mol. The molecule has 0 saturated heterocycles. The van der Waals surface area contributed by atoms with Crippen LogP contribution in [0.5, 0.6) is 0 Å². The first kappa shape index (κ1) is 12.8. The molecule has 0 fully saturated rings. The fraction of sp³-hybridized carbons (Fsp3) is 0.583. The molecule has 16 heavy (non-hydrogen) atoms. The van der Waals surface area contributed by atoms with E-state index in [-0.39, 0.29) is 0 Å². The molecule has 0 saturated carbocycles. The van der Waals surface area contributed by atoms with Gasteiger partial charge in [-0.3, -0.25) is 0 Å². The van der Waals surface area contributed by atoms with Gasteiger partial charge in [0.2, 0.25) is 0 Å². The molecule has 0 radical (unpaired) electrons. The molecule has 0 spiro atoms. The molecule has 0 aliphatic carbocycles. The molecular formula is C12H21N3O. The largest absolute Gasteiger partial charge is 0.388 e. The van der Waals surface area contributed by atoms with Crippen LogP contribution in [-0.4, -0.2) is 22.2 Å². The van der Waals surface area contributed by atoms with Crippen molar-refractivity contribution < 1.29 is 5.11 Å². The van der Waals surface area contributed by atoms with Gasteiger partial charge in [0.1, 0.15) is 5.82 Å². The number of aliphatic hydroxyl groups is 1. The lowest BCUT2D eigenvalue weighted by atomic mass is 9.94. The van der Waals surface area contributed by atoms with E-state index in [0.29, 0.717) is 18.3 Å². The number of anilines is 2. The Labute approximate surface area is 96.9 Å². The summed E-state index contributed by atoms with van der Waals surface area (Å²) in [6, 6.07) is 3.59. The molecule has 1 aromatic heterocycles. The van der Waals surface area contributed by atoms with Gasteiger partial charge in [0.25, 0.3) is 0 Å². The lowest BCUT2D eigenvalue weighted by Crippen LogP contribution is -2.34. The summed E-state index contributed by atoms with van der Waals surface area (Å²) in [5.74, 6) is 0.973. The van der Waals surface area contributed by atoms with Crippen molar-refractivity contribution in [2.24, 2.45) is 5.92 Å². The SMILES string of the molecule is CC(C)CC(C)(O)CNc1ccc(N)nc1. The van der Waals surface area contributed by atoms with Crippen molar-refractivity contribution >= 4 is 11.5 Å². The third-order valence-corrected chi connectivity index (χ3v) is 2.31. The number of rotatable bonds is 5. The van der Waals surface area contributed by atoms with E-state index < -0.39 is 5.60 Å². The van der Waals surface area contributed by atoms with Gasteiger partial charge in [0, 0.05) is 6.54 Å². The zero-order valence-electron chi connectivity index (χ0n) is 10.2. The number of nitrogens with two attached hydrogens (primary N) is 1. The summed E-state index contributed by atoms with van der Waals surface area (Å²) in [4.78, 5) is 3.97. The van der Waals surface area contributed by atoms with Crippen molar-refractivity contribution in [1.82, 2.24) is 4.98 Å². The lowest BCUT2D eigenvalue weighted by Gasteiger charge is -2.26. The van der Waals surface area contributed by atoms with Gasteiger partial charge in [-0.05, 0) is 31.4 Å². The number of nitrogens with zero attached hydrogens (tertiary/aromatic N) is 1. The average molecular weight is 223 g/mol. The molecular weight excluding hydrogens is 202 g/mol. The maximum Gasteiger partial charge on any atom is 0.123 e. The molecule has 1 rings (SSSR count). The fourth-order valence-electron chi connectivity index (χ4n) is 1.75. The van der Waals surface area contributed by atoms with Crippen LogP contribution in [0.15, 0.2) is 18.3 Å². The maximum absolute atomic E-state index is 10.1. The number of hydrogen-bond donors (Lipinski definition) is 3. The van der Waals surface area contributed by atoms with Crippen LogP contribution in [0.25, 0.3) is 0 Å². The van der Waals surface area contributed by atoms with Crippen LogP contribution in [0.4, 0.5) is 11.5 Å². The van der Waals surface area contributed by atoms with E-state index in [1.165, 1.54) is 0 Å². The first-order valence-electron chi connectivity index (χ1n) is 5.57. The normalized spacial score (nSPS) is 14.8. The Bertz CT molecular complexity index is 320. The molecule has 4 nitrogen and oxygen atoms in total. The second kappa shape index (κ2) is 5.16. The molecule has 0 bridgehead atoms. The van der Waals surface area contributed by atoms with E-state index in [9.17, 15) is 5.11 Å². The number of nitrogen functional groups attached to an aromatic ring is 1. The van der Waals surface area contributed by atoms with E-state index in [2.05, 4.69) is 24.1 Å². The molecule has 90 valence electrons. The molecule has 4 N–H and O–H groups in total. The number of nitrogens with one attached hydrogen (secondary N) is 1. The molecule has 1 atom stereocenters.